The molecule has 1 unspecified atom stereocenters. The molecule has 1 atom stereocenters. The maximum absolute atomic E-state index is 13.6. The van der Waals surface area contributed by atoms with Crippen LogP contribution < -0.4 is 10.6 Å². The number of alkyl halides is 5. The molecule has 0 heterocycles. The van der Waals surface area contributed by atoms with Crippen molar-refractivity contribution in [2.24, 2.45) is 0 Å². The Bertz CT molecular complexity index is 1140. The van der Waals surface area contributed by atoms with Crippen LogP contribution in [-0.4, -0.2) is 39.7 Å². The Kier molecular flexibility index (Phi) is 8.50. The number of amides is 2. The summed E-state index contributed by atoms with van der Waals surface area (Å²) >= 11 is 1.88. The largest absolute Gasteiger partial charge is 0.458 e. The van der Waals surface area contributed by atoms with Crippen molar-refractivity contribution in [1.29, 1.82) is 0 Å². The fourth-order valence-electron chi connectivity index (χ4n) is 3.21. The molecule has 2 rings (SSSR count). The number of halogens is 6. The molecule has 0 radical (unpaired) electrons. The van der Waals surface area contributed by atoms with Gasteiger partial charge in [-0.2, -0.15) is 22.0 Å². The molecule has 0 aliphatic rings. The van der Waals surface area contributed by atoms with Crippen molar-refractivity contribution in [3.8, 4) is 0 Å². The molecule has 2 aromatic carbocycles. The smallest absolute Gasteiger partial charge is 0.346 e. The molecule has 2 amide bonds. The van der Waals surface area contributed by atoms with Gasteiger partial charge in [0, 0.05) is 43.2 Å². The van der Waals surface area contributed by atoms with Gasteiger partial charge in [-0.3, -0.25) is 13.8 Å². The standard InChI is InChI=1S/C22H22F5IN2O3S/c1-12-10-13(21(23,24)22(25,26)27)8-9-16(12)29-18(31)14-6-5-7-15(28)17(14)19(32)30-20(2,3)11-34(4)33/h5-10H,11H2,1-4H3,(H,29,31)(H,30,32). The zero-order chi connectivity index (χ0) is 26.1. The van der Waals surface area contributed by atoms with Crippen molar-refractivity contribution in [3.63, 3.8) is 0 Å². The SMILES string of the molecule is Cc1cc(C(F)(F)C(F)(F)F)ccc1NC(=O)c1cccc(I)c1C(=O)NC(C)(C)CS(C)=O. The molecule has 0 bridgehead atoms. The van der Waals surface area contributed by atoms with Gasteiger partial charge >= 0.3 is 12.1 Å². The second-order valence-corrected chi connectivity index (χ2v) is 10.9. The molecule has 186 valence electrons. The maximum atomic E-state index is 13.6. The highest BCUT2D eigenvalue weighted by Crippen LogP contribution is 2.44. The lowest BCUT2D eigenvalue weighted by Gasteiger charge is -2.26. The van der Waals surface area contributed by atoms with Gasteiger partial charge in [-0.1, -0.05) is 12.1 Å². The van der Waals surface area contributed by atoms with E-state index in [0.29, 0.717) is 15.7 Å². The lowest BCUT2D eigenvalue weighted by molar-refractivity contribution is -0.289. The summed E-state index contributed by atoms with van der Waals surface area (Å²) in [4.78, 5) is 25.9. The molecule has 0 aliphatic carbocycles. The van der Waals surface area contributed by atoms with E-state index < -0.39 is 45.8 Å². The van der Waals surface area contributed by atoms with E-state index in [1.165, 1.54) is 19.2 Å². The van der Waals surface area contributed by atoms with Crippen LogP contribution in [0, 0.1) is 10.5 Å². The van der Waals surface area contributed by atoms with Crippen LogP contribution in [-0.2, 0) is 16.7 Å². The van der Waals surface area contributed by atoms with Crippen molar-refractivity contribution in [2.45, 2.75) is 38.4 Å². The molecule has 0 saturated heterocycles. The molecule has 0 aliphatic heterocycles. The van der Waals surface area contributed by atoms with Crippen molar-refractivity contribution in [1.82, 2.24) is 5.32 Å². The molecule has 34 heavy (non-hydrogen) atoms. The van der Waals surface area contributed by atoms with Gasteiger partial charge in [-0.05, 0) is 73.2 Å². The zero-order valence-electron chi connectivity index (χ0n) is 18.6. The van der Waals surface area contributed by atoms with E-state index in [-0.39, 0.29) is 28.1 Å². The molecule has 0 saturated carbocycles. The molecular formula is C22H22F5IN2O3S. The lowest BCUT2D eigenvalue weighted by Crippen LogP contribution is -2.47. The normalized spacial score (nSPS) is 13.4. The van der Waals surface area contributed by atoms with E-state index in [1.807, 2.05) is 22.6 Å². The van der Waals surface area contributed by atoms with Crippen molar-refractivity contribution in [3.05, 3.63) is 62.2 Å². The zero-order valence-corrected chi connectivity index (χ0v) is 21.5. The van der Waals surface area contributed by atoms with Crippen molar-refractivity contribution in [2.75, 3.05) is 17.3 Å². The third-order valence-corrected chi connectivity index (χ3v) is 6.72. The van der Waals surface area contributed by atoms with Gasteiger partial charge in [-0.15, -0.1) is 0 Å². The fraction of sp³-hybridized carbons (Fsp3) is 0.364. The van der Waals surface area contributed by atoms with Crippen molar-refractivity contribution < 1.29 is 35.8 Å². The topological polar surface area (TPSA) is 75.3 Å². The molecular weight excluding hydrogens is 594 g/mol. The minimum Gasteiger partial charge on any atom is -0.346 e. The summed E-state index contributed by atoms with van der Waals surface area (Å²) in [5.41, 5.74) is -2.06. The summed E-state index contributed by atoms with van der Waals surface area (Å²) in [6, 6.07) is 6.73. The first kappa shape index (κ1) is 28.1. The Balaban J connectivity index is 2.35. The summed E-state index contributed by atoms with van der Waals surface area (Å²) in [5.74, 6) is -6.20. The number of aryl methyl sites for hydroxylation is 1. The lowest BCUT2D eigenvalue weighted by atomic mass is 10.0. The highest BCUT2D eigenvalue weighted by Gasteiger charge is 2.58. The number of hydrogen-bond donors (Lipinski definition) is 2. The van der Waals surface area contributed by atoms with E-state index in [4.69, 9.17) is 0 Å². The highest BCUT2D eigenvalue weighted by molar-refractivity contribution is 14.1. The summed E-state index contributed by atoms with van der Waals surface area (Å²) in [5, 5.41) is 5.21. The minimum absolute atomic E-state index is 0.0126. The molecule has 0 aromatic heterocycles. The fourth-order valence-corrected chi connectivity index (χ4v) is 5.04. The summed E-state index contributed by atoms with van der Waals surface area (Å²) < 4.78 is 77.2. The summed E-state index contributed by atoms with van der Waals surface area (Å²) in [7, 11) is -1.19. The van der Waals surface area contributed by atoms with Crippen LogP contribution in [0.4, 0.5) is 27.6 Å². The van der Waals surface area contributed by atoms with Gasteiger partial charge in [0.15, 0.2) is 0 Å². The number of nitrogens with one attached hydrogen (secondary N) is 2. The second-order valence-electron chi connectivity index (χ2n) is 8.27. The number of anilines is 1. The highest BCUT2D eigenvalue weighted by atomic mass is 127. The average molecular weight is 616 g/mol. The Hall–Kier alpha value is -2.09. The molecule has 0 fully saturated rings. The summed E-state index contributed by atoms with van der Waals surface area (Å²) in [6.45, 7) is 4.65. The monoisotopic (exact) mass is 616 g/mol. The van der Waals surface area contributed by atoms with E-state index >= 15 is 0 Å². The molecule has 2 N–H and O–H groups in total. The van der Waals surface area contributed by atoms with Crippen LogP contribution in [0.5, 0.6) is 0 Å². The number of hydrogen-bond acceptors (Lipinski definition) is 3. The molecule has 5 nitrogen and oxygen atoms in total. The average Bonchev–Trinajstić information content (AvgIpc) is 2.66. The number of carbonyl (C=O) groups excluding carboxylic acids is 2. The van der Waals surface area contributed by atoms with Crippen LogP contribution in [0.15, 0.2) is 36.4 Å². The van der Waals surface area contributed by atoms with E-state index in [2.05, 4.69) is 10.6 Å². The summed E-state index contributed by atoms with van der Waals surface area (Å²) in [6.07, 6.45) is -4.26. The second kappa shape index (κ2) is 10.3. The Labute approximate surface area is 209 Å². The third-order valence-electron chi connectivity index (χ3n) is 4.69. The number of rotatable bonds is 7. The first-order chi connectivity index (χ1) is 15.5. The van der Waals surface area contributed by atoms with Gasteiger partial charge in [0.25, 0.3) is 11.8 Å². The number of carbonyl (C=O) groups is 2. The van der Waals surface area contributed by atoms with Gasteiger partial charge < -0.3 is 10.6 Å². The molecule has 12 heteroatoms. The first-order valence-corrected chi connectivity index (χ1v) is 12.5. The Morgan fingerprint density at radius 1 is 1.03 bits per heavy atom. The van der Waals surface area contributed by atoms with Crippen molar-refractivity contribution >= 4 is 50.9 Å². The van der Waals surface area contributed by atoms with Crippen LogP contribution >= 0.6 is 22.6 Å². The predicted octanol–water partition coefficient (Wildman–Crippen LogP) is 5.39. The van der Waals surface area contributed by atoms with Gasteiger partial charge in [0.1, 0.15) is 0 Å². The predicted molar refractivity (Wildman–Crippen MR) is 129 cm³/mol. The van der Waals surface area contributed by atoms with Crippen LogP contribution in [0.25, 0.3) is 0 Å². The molecule has 0 spiro atoms. The molecule has 2 aromatic rings. The third kappa shape index (κ3) is 6.52. The Morgan fingerprint density at radius 2 is 1.65 bits per heavy atom. The van der Waals surface area contributed by atoms with Crippen LogP contribution in [0.3, 0.4) is 0 Å². The van der Waals surface area contributed by atoms with Crippen LogP contribution in [0.1, 0.15) is 45.7 Å². The van der Waals surface area contributed by atoms with Gasteiger partial charge in [-0.25, -0.2) is 0 Å². The van der Waals surface area contributed by atoms with Gasteiger partial charge in [0.05, 0.1) is 11.1 Å². The van der Waals surface area contributed by atoms with Gasteiger partial charge in [0.2, 0.25) is 0 Å². The quantitative estimate of drug-likeness (QED) is 0.324. The minimum atomic E-state index is -5.76. The first-order valence-electron chi connectivity index (χ1n) is 9.74. The van der Waals surface area contributed by atoms with E-state index in [1.54, 1.807) is 26.0 Å². The van der Waals surface area contributed by atoms with E-state index in [9.17, 15) is 35.8 Å². The Morgan fingerprint density at radius 3 is 2.18 bits per heavy atom. The van der Waals surface area contributed by atoms with E-state index in [0.717, 1.165) is 6.07 Å². The van der Waals surface area contributed by atoms with Crippen LogP contribution in [0.2, 0.25) is 0 Å². The maximum Gasteiger partial charge on any atom is 0.458 e. The number of benzene rings is 2.